The average molecular weight is 524 g/mol. The van der Waals surface area contributed by atoms with Crippen molar-refractivity contribution in [3.63, 3.8) is 0 Å². The molecule has 0 atom stereocenters. The molecule has 3 nitrogen and oxygen atoms in total. The summed E-state index contributed by atoms with van der Waals surface area (Å²) in [7, 11) is 0. The van der Waals surface area contributed by atoms with Gasteiger partial charge in [-0.15, -0.1) is 0 Å². The van der Waals surface area contributed by atoms with E-state index >= 15 is 0 Å². The van der Waals surface area contributed by atoms with E-state index in [1.807, 2.05) is 6.20 Å². The van der Waals surface area contributed by atoms with Crippen molar-refractivity contribution < 1.29 is 0 Å². The van der Waals surface area contributed by atoms with Crippen LogP contribution in [-0.2, 0) is 0 Å². The van der Waals surface area contributed by atoms with Crippen LogP contribution in [0.2, 0.25) is 0 Å². The van der Waals surface area contributed by atoms with Gasteiger partial charge in [0.1, 0.15) is 6.33 Å². The third-order valence-electron chi connectivity index (χ3n) is 7.88. The molecule has 0 spiro atoms. The maximum Gasteiger partial charge on any atom is 0.116 e. The largest absolute Gasteiger partial charge is 0.306 e. The van der Waals surface area contributed by atoms with Crippen LogP contribution < -0.4 is 4.90 Å². The number of anilines is 3. The Morgan fingerprint density at radius 2 is 1.05 bits per heavy atom. The Morgan fingerprint density at radius 1 is 0.463 bits per heavy atom. The summed E-state index contributed by atoms with van der Waals surface area (Å²) in [5, 5.41) is 2.39. The second kappa shape index (κ2) is 9.58. The predicted molar refractivity (Wildman–Crippen MR) is 170 cm³/mol. The molecule has 0 N–H and O–H groups in total. The van der Waals surface area contributed by atoms with Gasteiger partial charge in [0.15, 0.2) is 0 Å². The van der Waals surface area contributed by atoms with E-state index in [9.17, 15) is 0 Å². The second-order valence-corrected chi connectivity index (χ2v) is 10.4. The third kappa shape index (κ3) is 3.98. The summed E-state index contributed by atoms with van der Waals surface area (Å²) in [6, 6.07) is 49.7. The van der Waals surface area contributed by atoms with Gasteiger partial charge in [0.25, 0.3) is 0 Å². The molecule has 8 rings (SSSR count). The SMILES string of the molecule is c1ccc(-c2cc(-c3ccccc3)cc(N3c4cncnc4-c4cc(-c5ccccc5)cc5cccc3c45)c2)cc1. The zero-order valence-electron chi connectivity index (χ0n) is 22.3. The van der Waals surface area contributed by atoms with Crippen molar-refractivity contribution in [2.75, 3.05) is 4.90 Å². The Labute approximate surface area is 239 Å². The number of aromatic nitrogens is 2. The second-order valence-electron chi connectivity index (χ2n) is 10.4. The highest BCUT2D eigenvalue weighted by atomic mass is 15.2. The van der Waals surface area contributed by atoms with E-state index < -0.39 is 0 Å². The first-order valence-corrected chi connectivity index (χ1v) is 13.8. The number of fused-ring (bicyclic) bond motifs is 2. The molecule has 0 saturated carbocycles. The van der Waals surface area contributed by atoms with Crippen molar-refractivity contribution in [3.8, 4) is 44.6 Å². The molecule has 0 radical (unpaired) electrons. The summed E-state index contributed by atoms with van der Waals surface area (Å²) in [5.74, 6) is 0. The molecular weight excluding hydrogens is 498 g/mol. The van der Waals surface area contributed by atoms with E-state index in [0.29, 0.717) is 0 Å². The van der Waals surface area contributed by atoms with Gasteiger partial charge < -0.3 is 4.90 Å². The van der Waals surface area contributed by atoms with Gasteiger partial charge in [-0.3, -0.25) is 0 Å². The summed E-state index contributed by atoms with van der Waals surface area (Å²) in [5.41, 5.74) is 12.3. The van der Waals surface area contributed by atoms with Crippen molar-refractivity contribution in [1.29, 1.82) is 0 Å². The van der Waals surface area contributed by atoms with Crippen LogP contribution in [0.5, 0.6) is 0 Å². The Morgan fingerprint density at radius 3 is 1.66 bits per heavy atom. The number of rotatable bonds is 4. The van der Waals surface area contributed by atoms with Gasteiger partial charge >= 0.3 is 0 Å². The fourth-order valence-corrected chi connectivity index (χ4v) is 6.01. The van der Waals surface area contributed by atoms with Crippen LogP contribution in [0.1, 0.15) is 0 Å². The third-order valence-corrected chi connectivity index (χ3v) is 7.88. The summed E-state index contributed by atoms with van der Waals surface area (Å²) in [4.78, 5) is 11.7. The number of hydrogen-bond acceptors (Lipinski definition) is 3. The Balaban J connectivity index is 1.41. The molecule has 0 amide bonds. The fraction of sp³-hybridized carbons (Fsp3) is 0. The highest BCUT2D eigenvalue weighted by Crippen LogP contribution is 2.51. The zero-order valence-corrected chi connectivity index (χ0v) is 22.3. The number of nitrogens with zero attached hydrogens (tertiary/aromatic N) is 3. The molecule has 0 fully saturated rings. The van der Waals surface area contributed by atoms with Crippen molar-refractivity contribution in [2.45, 2.75) is 0 Å². The van der Waals surface area contributed by atoms with Crippen LogP contribution in [0.4, 0.5) is 17.1 Å². The van der Waals surface area contributed by atoms with E-state index in [2.05, 4.69) is 149 Å². The smallest absolute Gasteiger partial charge is 0.116 e. The topological polar surface area (TPSA) is 29.0 Å². The lowest BCUT2D eigenvalue weighted by molar-refractivity contribution is 1.13. The molecule has 0 bridgehead atoms. The standard InChI is InChI=1S/C38H25N3/c1-4-11-26(12-5-1)30-20-31(27-13-6-2-7-14-27)22-33(21-30)41-35-18-10-17-29-19-32(28-15-8-3-9-16-28)23-34(37(29)35)38-36(41)24-39-25-40-38/h1-25H. The summed E-state index contributed by atoms with van der Waals surface area (Å²) in [6.45, 7) is 0. The van der Waals surface area contributed by atoms with E-state index in [0.717, 1.165) is 39.4 Å². The van der Waals surface area contributed by atoms with Crippen LogP contribution in [0, 0.1) is 0 Å². The molecule has 2 heterocycles. The molecule has 7 aromatic rings. The van der Waals surface area contributed by atoms with Gasteiger partial charge in [0, 0.05) is 16.6 Å². The van der Waals surface area contributed by atoms with E-state index in [4.69, 9.17) is 4.98 Å². The van der Waals surface area contributed by atoms with Crippen LogP contribution in [0.25, 0.3) is 55.4 Å². The first-order chi connectivity index (χ1) is 20.3. The van der Waals surface area contributed by atoms with Crippen LogP contribution in [-0.4, -0.2) is 9.97 Å². The lowest BCUT2D eigenvalue weighted by Crippen LogP contribution is -2.16. The first kappa shape index (κ1) is 23.4. The molecule has 1 aliphatic rings. The van der Waals surface area contributed by atoms with E-state index in [1.54, 1.807) is 6.33 Å². The minimum absolute atomic E-state index is 0.938. The highest BCUT2D eigenvalue weighted by molar-refractivity contribution is 6.14. The Hall–Kier alpha value is -5.54. The van der Waals surface area contributed by atoms with Crippen molar-refractivity contribution in [3.05, 3.63) is 152 Å². The van der Waals surface area contributed by atoms with Gasteiger partial charge in [-0.2, -0.15) is 0 Å². The van der Waals surface area contributed by atoms with Gasteiger partial charge in [0.2, 0.25) is 0 Å². The zero-order chi connectivity index (χ0) is 27.2. The van der Waals surface area contributed by atoms with E-state index in [-0.39, 0.29) is 0 Å². The maximum atomic E-state index is 4.86. The average Bonchev–Trinajstić information content (AvgIpc) is 3.06. The van der Waals surface area contributed by atoms with Gasteiger partial charge in [0.05, 0.1) is 23.3 Å². The first-order valence-electron chi connectivity index (χ1n) is 13.8. The van der Waals surface area contributed by atoms with Crippen molar-refractivity contribution in [1.82, 2.24) is 9.97 Å². The molecule has 6 aromatic carbocycles. The molecule has 41 heavy (non-hydrogen) atoms. The minimum Gasteiger partial charge on any atom is -0.306 e. The van der Waals surface area contributed by atoms with Crippen molar-refractivity contribution in [2.24, 2.45) is 0 Å². The Bertz CT molecular complexity index is 1980. The lowest BCUT2D eigenvalue weighted by atomic mass is 9.90. The molecule has 192 valence electrons. The number of benzene rings is 6. The molecule has 0 unspecified atom stereocenters. The maximum absolute atomic E-state index is 4.86. The summed E-state index contributed by atoms with van der Waals surface area (Å²) < 4.78 is 0. The minimum atomic E-state index is 0.938. The van der Waals surface area contributed by atoms with Crippen LogP contribution in [0.15, 0.2) is 152 Å². The van der Waals surface area contributed by atoms with Gasteiger partial charge in [-0.1, -0.05) is 103 Å². The van der Waals surface area contributed by atoms with Gasteiger partial charge in [-0.05, 0) is 75.2 Å². The van der Waals surface area contributed by atoms with E-state index in [1.165, 1.54) is 33.0 Å². The molecule has 0 aliphatic carbocycles. The monoisotopic (exact) mass is 523 g/mol. The molecule has 1 aliphatic heterocycles. The molecule has 0 saturated heterocycles. The quantitative estimate of drug-likeness (QED) is 0.230. The molecular formula is C38H25N3. The Kier molecular flexibility index (Phi) is 5.46. The highest BCUT2D eigenvalue weighted by Gasteiger charge is 2.28. The normalized spacial score (nSPS) is 11.9. The fourth-order valence-electron chi connectivity index (χ4n) is 6.01. The predicted octanol–water partition coefficient (Wildman–Crippen LogP) is 10.1. The summed E-state index contributed by atoms with van der Waals surface area (Å²) in [6.07, 6.45) is 3.60. The number of hydrogen-bond donors (Lipinski definition) is 0. The molecule has 3 heteroatoms. The van der Waals surface area contributed by atoms with Crippen molar-refractivity contribution >= 4 is 27.8 Å². The van der Waals surface area contributed by atoms with Crippen LogP contribution >= 0.6 is 0 Å². The molecule has 1 aromatic heterocycles. The van der Waals surface area contributed by atoms with Crippen LogP contribution in [0.3, 0.4) is 0 Å². The summed E-state index contributed by atoms with van der Waals surface area (Å²) >= 11 is 0. The van der Waals surface area contributed by atoms with Gasteiger partial charge in [-0.25, -0.2) is 9.97 Å². The lowest BCUT2D eigenvalue weighted by Gasteiger charge is -2.33.